The van der Waals surface area contributed by atoms with E-state index >= 15 is 0 Å². The van der Waals surface area contributed by atoms with Gasteiger partial charge in [0.1, 0.15) is 5.60 Å². The van der Waals surface area contributed by atoms with Crippen molar-refractivity contribution >= 4 is 5.91 Å². The minimum atomic E-state index is -0.932. The first-order chi connectivity index (χ1) is 4.65. The highest BCUT2D eigenvalue weighted by Gasteiger charge is 2.33. The fraction of sp³-hybridized carbons (Fsp3) is 0.714. The standard InChI is InChI=1S/C7H12NO2/c1-7(6(8)9)4-2-3-5-10-7/h1-5H2,(H2,8,9)/t7-/m0/s1. The Hall–Kier alpha value is -0.570. The molecule has 0 saturated carbocycles. The molecule has 0 bridgehead atoms. The Morgan fingerprint density at radius 2 is 2.30 bits per heavy atom. The molecule has 10 heavy (non-hydrogen) atoms. The van der Waals surface area contributed by atoms with E-state index in [1.807, 2.05) is 0 Å². The molecule has 1 fully saturated rings. The number of hydrogen-bond acceptors (Lipinski definition) is 2. The van der Waals surface area contributed by atoms with Crippen LogP contribution in [0, 0.1) is 6.92 Å². The summed E-state index contributed by atoms with van der Waals surface area (Å²) in [6.45, 7) is 4.24. The molecule has 1 amide bonds. The Balaban J connectivity index is 2.56. The number of carbonyl (C=O) groups excluding carboxylic acids is 1. The second kappa shape index (κ2) is 2.58. The summed E-state index contributed by atoms with van der Waals surface area (Å²) in [6, 6.07) is 0. The third kappa shape index (κ3) is 1.29. The molecular formula is C7H12NO2. The average molecular weight is 142 g/mol. The average Bonchev–Trinajstić information content (AvgIpc) is 1.89. The van der Waals surface area contributed by atoms with Crippen molar-refractivity contribution in [3.05, 3.63) is 6.92 Å². The molecule has 0 aromatic rings. The molecule has 1 rings (SSSR count). The minimum absolute atomic E-state index is 0.452. The van der Waals surface area contributed by atoms with E-state index in [0.717, 1.165) is 12.8 Å². The third-order valence-electron chi connectivity index (χ3n) is 1.80. The summed E-state index contributed by atoms with van der Waals surface area (Å²) >= 11 is 0. The number of primary amides is 1. The summed E-state index contributed by atoms with van der Waals surface area (Å²) in [5.74, 6) is -0.452. The Kier molecular flexibility index (Phi) is 1.94. The lowest BCUT2D eigenvalue weighted by atomic mass is 9.95. The number of hydrogen-bond donors (Lipinski definition) is 1. The largest absolute Gasteiger partial charge is 0.367 e. The molecule has 1 aliphatic rings. The lowest BCUT2D eigenvalue weighted by molar-refractivity contribution is -0.142. The van der Waals surface area contributed by atoms with Gasteiger partial charge in [0.15, 0.2) is 0 Å². The van der Waals surface area contributed by atoms with Crippen LogP contribution in [0.3, 0.4) is 0 Å². The smallest absolute Gasteiger partial charge is 0.249 e. The summed E-state index contributed by atoms with van der Waals surface area (Å²) < 4.78 is 5.14. The van der Waals surface area contributed by atoms with Crippen LogP contribution in [0.15, 0.2) is 0 Å². The third-order valence-corrected chi connectivity index (χ3v) is 1.80. The quantitative estimate of drug-likeness (QED) is 0.570. The molecule has 0 aromatic carbocycles. The first-order valence-corrected chi connectivity index (χ1v) is 3.44. The molecule has 0 aromatic heterocycles. The van der Waals surface area contributed by atoms with E-state index in [9.17, 15) is 4.79 Å². The van der Waals surface area contributed by atoms with Gasteiger partial charge in [-0.25, -0.2) is 0 Å². The van der Waals surface area contributed by atoms with Gasteiger partial charge in [-0.05, 0) is 26.2 Å². The normalized spacial score (nSPS) is 33.7. The van der Waals surface area contributed by atoms with E-state index in [-0.39, 0.29) is 0 Å². The van der Waals surface area contributed by atoms with Gasteiger partial charge in [0.2, 0.25) is 5.91 Å². The number of nitrogens with two attached hydrogens (primary N) is 1. The fourth-order valence-corrected chi connectivity index (χ4v) is 1.05. The number of carbonyl (C=O) groups is 1. The predicted octanol–water partition coefficient (Wildman–Crippen LogP) is 0.245. The van der Waals surface area contributed by atoms with Crippen molar-refractivity contribution in [2.75, 3.05) is 6.61 Å². The Bertz CT molecular complexity index is 139. The van der Waals surface area contributed by atoms with Crippen LogP contribution in [0.1, 0.15) is 19.3 Å². The van der Waals surface area contributed by atoms with Gasteiger partial charge in [0.05, 0.1) is 0 Å². The van der Waals surface area contributed by atoms with Gasteiger partial charge in [-0.15, -0.1) is 0 Å². The molecule has 57 valence electrons. The zero-order chi connectivity index (χ0) is 7.61. The molecule has 1 radical (unpaired) electrons. The van der Waals surface area contributed by atoms with Crippen molar-refractivity contribution in [2.45, 2.75) is 24.9 Å². The highest BCUT2D eigenvalue weighted by Crippen LogP contribution is 2.22. The Morgan fingerprint density at radius 1 is 1.60 bits per heavy atom. The number of rotatable bonds is 1. The summed E-state index contributed by atoms with van der Waals surface area (Å²) in [5, 5.41) is 0. The van der Waals surface area contributed by atoms with Gasteiger partial charge >= 0.3 is 0 Å². The summed E-state index contributed by atoms with van der Waals surface area (Å²) in [7, 11) is 0. The first-order valence-electron chi connectivity index (χ1n) is 3.44. The molecule has 2 N–H and O–H groups in total. The molecule has 3 nitrogen and oxygen atoms in total. The van der Waals surface area contributed by atoms with E-state index in [4.69, 9.17) is 10.5 Å². The monoisotopic (exact) mass is 142 g/mol. The van der Waals surface area contributed by atoms with E-state index in [1.165, 1.54) is 0 Å². The lowest BCUT2D eigenvalue weighted by Crippen LogP contribution is -2.45. The molecule has 1 saturated heterocycles. The lowest BCUT2D eigenvalue weighted by Gasteiger charge is -2.30. The van der Waals surface area contributed by atoms with Crippen molar-refractivity contribution in [1.82, 2.24) is 0 Å². The molecule has 0 unspecified atom stereocenters. The zero-order valence-electron chi connectivity index (χ0n) is 5.93. The van der Waals surface area contributed by atoms with Crippen LogP contribution in [-0.4, -0.2) is 18.1 Å². The topological polar surface area (TPSA) is 52.3 Å². The molecule has 0 spiro atoms. The van der Waals surface area contributed by atoms with Crippen LogP contribution >= 0.6 is 0 Å². The minimum Gasteiger partial charge on any atom is -0.367 e. The van der Waals surface area contributed by atoms with Gasteiger partial charge in [-0.3, -0.25) is 4.79 Å². The first kappa shape index (κ1) is 7.54. The number of ether oxygens (including phenoxy) is 1. The summed E-state index contributed by atoms with van der Waals surface area (Å²) in [5.41, 5.74) is 4.14. The molecule has 3 heteroatoms. The maximum atomic E-state index is 10.7. The van der Waals surface area contributed by atoms with E-state index in [2.05, 4.69) is 6.92 Å². The SMILES string of the molecule is [CH2][C@@]1(C(N)=O)CCCCO1. The highest BCUT2D eigenvalue weighted by molar-refractivity contribution is 5.84. The van der Waals surface area contributed by atoms with Crippen LogP contribution in [0.5, 0.6) is 0 Å². The second-order valence-corrected chi connectivity index (χ2v) is 2.66. The van der Waals surface area contributed by atoms with E-state index in [1.54, 1.807) is 0 Å². The van der Waals surface area contributed by atoms with Gasteiger partial charge in [0, 0.05) is 6.61 Å². The van der Waals surface area contributed by atoms with Crippen molar-refractivity contribution in [2.24, 2.45) is 5.73 Å². The van der Waals surface area contributed by atoms with Crippen LogP contribution < -0.4 is 5.73 Å². The van der Waals surface area contributed by atoms with Gasteiger partial charge in [-0.1, -0.05) is 0 Å². The summed E-state index contributed by atoms with van der Waals surface area (Å²) in [4.78, 5) is 10.7. The second-order valence-electron chi connectivity index (χ2n) is 2.66. The molecule has 1 aliphatic heterocycles. The van der Waals surface area contributed by atoms with Crippen molar-refractivity contribution < 1.29 is 9.53 Å². The Morgan fingerprint density at radius 3 is 2.60 bits per heavy atom. The molecular weight excluding hydrogens is 130 g/mol. The van der Waals surface area contributed by atoms with Gasteiger partial charge in [-0.2, -0.15) is 0 Å². The van der Waals surface area contributed by atoms with Crippen LogP contribution in [0.2, 0.25) is 0 Å². The molecule has 1 atom stereocenters. The zero-order valence-corrected chi connectivity index (χ0v) is 5.93. The maximum absolute atomic E-state index is 10.7. The van der Waals surface area contributed by atoms with Crippen molar-refractivity contribution in [3.8, 4) is 0 Å². The van der Waals surface area contributed by atoms with E-state index in [0.29, 0.717) is 13.0 Å². The molecule has 0 aliphatic carbocycles. The maximum Gasteiger partial charge on any atom is 0.249 e. The summed E-state index contributed by atoms with van der Waals surface area (Å²) in [6.07, 6.45) is 2.64. The highest BCUT2D eigenvalue weighted by atomic mass is 16.5. The van der Waals surface area contributed by atoms with Crippen LogP contribution in [-0.2, 0) is 9.53 Å². The van der Waals surface area contributed by atoms with Gasteiger partial charge < -0.3 is 10.5 Å². The Labute approximate surface area is 60.5 Å². The van der Waals surface area contributed by atoms with Crippen LogP contribution in [0.25, 0.3) is 0 Å². The van der Waals surface area contributed by atoms with Crippen molar-refractivity contribution in [3.63, 3.8) is 0 Å². The molecule has 1 heterocycles. The predicted molar refractivity (Wildman–Crippen MR) is 37.1 cm³/mol. The number of amides is 1. The van der Waals surface area contributed by atoms with Crippen LogP contribution in [0.4, 0.5) is 0 Å². The van der Waals surface area contributed by atoms with Crippen molar-refractivity contribution in [1.29, 1.82) is 0 Å². The van der Waals surface area contributed by atoms with E-state index < -0.39 is 11.5 Å². The fourth-order valence-electron chi connectivity index (χ4n) is 1.05. The van der Waals surface area contributed by atoms with Gasteiger partial charge in [0.25, 0.3) is 0 Å².